The van der Waals surface area contributed by atoms with Gasteiger partial charge in [0, 0.05) is 34.0 Å². The fourth-order valence-electron chi connectivity index (χ4n) is 2.46. The number of nitrogens with one attached hydrogen (secondary N) is 2. The van der Waals surface area contributed by atoms with Crippen LogP contribution < -0.4 is 10.9 Å². The first kappa shape index (κ1) is 17.4. The number of benzene rings is 1. The van der Waals surface area contributed by atoms with Crippen molar-refractivity contribution in [1.82, 2.24) is 15.0 Å². The van der Waals surface area contributed by atoms with Crippen LogP contribution >= 0.6 is 15.9 Å². The fraction of sp³-hybridized carbons (Fsp3) is 0.211. The van der Waals surface area contributed by atoms with Gasteiger partial charge in [-0.05, 0) is 56.2 Å². The zero-order chi connectivity index (χ0) is 18.0. The number of hydrogen-bond donors (Lipinski definition) is 2. The van der Waals surface area contributed by atoms with Crippen LogP contribution in [0.5, 0.6) is 0 Å². The summed E-state index contributed by atoms with van der Waals surface area (Å²) in [6.45, 7) is 6.38. The molecule has 3 rings (SSSR count). The van der Waals surface area contributed by atoms with E-state index in [9.17, 15) is 4.79 Å². The number of aromatic nitrogens is 3. The Labute approximate surface area is 154 Å². The lowest BCUT2D eigenvalue weighted by Gasteiger charge is -2.09. The molecular formula is C19H19BrN4O. The molecule has 2 N–H and O–H groups in total. The predicted octanol–water partition coefficient (Wildman–Crippen LogP) is 4.13. The van der Waals surface area contributed by atoms with Crippen molar-refractivity contribution in [3.8, 4) is 11.4 Å². The molecule has 0 aliphatic rings. The summed E-state index contributed by atoms with van der Waals surface area (Å²) in [5.74, 6) is 1.31. The number of anilines is 1. The van der Waals surface area contributed by atoms with E-state index >= 15 is 0 Å². The molecule has 2 heterocycles. The molecular weight excluding hydrogens is 380 g/mol. The second-order valence-electron chi connectivity index (χ2n) is 5.98. The minimum Gasteiger partial charge on any atom is -0.366 e. The number of halogens is 1. The number of hydrogen-bond acceptors (Lipinski definition) is 4. The van der Waals surface area contributed by atoms with E-state index in [1.807, 2.05) is 25.1 Å². The first-order chi connectivity index (χ1) is 11.9. The van der Waals surface area contributed by atoms with Crippen molar-refractivity contribution in [2.45, 2.75) is 27.3 Å². The SMILES string of the molecule is Cc1cc(Br)ccc1CNc1ccc(-c2nc(C)c(C)c(=O)[nH]2)cn1. The Balaban J connectivity index is 1.75. The lowest BCUT2D eigenvalue weighted by Crippen LogP contribution is -2.14. The molecule has 0 spiro atoms. The Morgan fingerprint density at radius 1 is 1.16 bits per heavy atom. The highest BCUT2D eigenvalue weighted by atomic mass is 79.9. The van der Waals surface area contributed by atoms with Crippen LogP contribution in [0.1, 0.15) is 22.4 Å². The quantitative estimate of drug-likeness (QED) is 0.692. The monoisotopic (exact) mass is 398 g/mol. The number of rotatable bonds is 4. The lowest BCUT2D eigenvalue weighted by atomic mass is 10.1. The smallest absolute Gasteiger partial charge is 0.254 e. The summed E-state index contributed by atoms with van der Waals surface area (Å²) in [5, 5.41) is 3.31. The molecule has 1 aromatic carbocycles. The van der Waals surface area contributed by atoms with Gasteiger partial charge in [0.25, 0.3) is 5.56 Å². The van der Waals surface area contributed by atoms with Crippen LogP contribution in [0.25, 0.3) is 11.4 Å². The van der Waals surface area contributed by atoms with E-state index in [-0.39, 0.29) is 5.56 Å². The van der Waals surface area contributed by atoms with Gasteiger partial charge in [-0.1, -0.05) is 22.0 Å². The fourth-order valence-corrected chi connectivity index (χ4v) is 2.94. The molecule has 0 radical (unpaired) electrons. The van der Waals surface area contributed by atoms with Crippen molar-refractivity contribution >= 4 is 21.7 Å². The standard InChI is InChI=1S/C19H19BrN4O/c1-11-8-16(20)6-4-14(11)9-21-17-7-5-15(10-22-17)18-23-13(3)12(2)19(25)24-18/h4-8,10H,9H2,1-3H3,(H,21,22)(H,23,24,25). The summed E-state index contributed by atoms with van der Waals surface area (Å²) in [4.78, 5) is 23.5. The Hall–Kier alpha value is -2.47. The topological polar surface area (TPSA) is 70.7 Å². The van der Waals surface area contributed by atoms with E-state index in [1.54, 1.807) is 13.1 Å². The van der Waals surface area contributed by atoms with Crippen molar-refractivity contribution in [2.24, 2.45) is 0 Å². The zero-order valence-corrected chi connectivity index (χ0v) is 15.9. The van der Waals surface area contributed by atoms with Crippen LogP contribution in [0.15, 0.2) is 45.8 Å². The molecule has 0 aliphatic heterocycles. The van der Waals surface area contributed by atoms with E-state index in [0.29, 0.717) is 17.9 Å². The van der Waals surface area contributed by atoms with Crippen molar-refractivity contribution in [1.29, 1.82) is 0 Å². The number of aryl methyl sites for hydroxylation is 2. The van der Waals surface area contributed by atoms with Gasteiger partial charge in [-0.15, -0.1) is 0 Å². The number of nitrogens with zero attached hydrogens (tertiary/aromatic N) is 2. The number of aromatic amines is 1. The second kappa shape index (κ2) is 7.19. The highest BCUT2D eigenvalue weighted by Gasteiger charge is 2.07. The molecule has 3 aromatic rings. The molecule has 0 amide bonds. The third-order valence-electron chi connectivity index (χ3n) is 4.20. The van der Waals surface area contributed by atoms with Gasteiger partial charge < -0.3 is 10.3 Å². The maximum absolute atomic E-state index is 11.9. The van der Waals surface area contributed by atoms with E-state index in [4.69, 9.17) is 0 Å². The lowest BCUT2D eigenvalue weighted by molar-refractivity contribution is 1.03. The molecule has 25 heavy (non-hydrogen) atoms. The zero-order valence-electron chi connectivity index (χ0n) is 14.4. The first-order valence-electron chi connectivity index (χ1n) is 7.97. The minimum atomic E-state index is -0.115. The van der Waals surface area contributed by atoms with E-state index in [0.717, 1.165) is 21.5 Å². The molecule has 0 bridgehead atoms. The summed E-state index contributed by atoms with van der Waals surface area (Å²) in [7, 11) is 0. The highest BCUT2D eigenvalue weighted by molar-refractivity contribution is 9.10. The van der Waals surface area contributed by atoms with Gasteiger partial charge in [0.1, 0.15) is 11.6 Å². The summed E-state index contributed by atoms with van der Waals surface area (Å²) < 4.78 is 1.08. The van der Waals surface area contributed by atoms with Crippen LogP contribution in [0.2, 0.25) is 0 Å². The van der Waals surface area contributed by atoms with E-state index < -0.39 is 0 Å². The van der Waals surface area contributed by atoms with Crippen LogP contribution in [-0.2, 0) is 6.54 Å². The van der Waals surface area contributed by atoms with Gasteiger partial charge in [-0.2, -0.15) is 0 Å². The molecule has 128 valence electrons. The summed E-state index contributed by atoms with van der Waals surface area (Å²) in [5.41, 5.74) is 4.47. The molecule has 0 unspecified atom stereocenters. The molecule has 0 saturated carbocycles. The molecule has 5 nitrogen and oxygen atoms in total. The van der Waals surface area contributed by atoms with Crippen LogP contribution in [-0.4, -0.2) is 15.0 Å². The Bertz CT molecular complexity index is 964. The van der Waals surface area contributed by atoms with E-state index in [1.165, 1.54) is 11.1 Å². The predicted molar refractivity (Wildman–Crippen MR) is 104 cm³/mol. The normalized spacial score (nSPS) is 10.7. The van der Waals surface area contributed by atoms with Crippen LogP contribution in [0.4, 0.5) is 5.82 Å². The second-order valence-corrected chi connectivity index (χ2v) is 6.90. The number of pyridine rings is 1. The maximum atomic E-state index is 11.9. The molecule has 0 atom stereocenters. The maximum Gasteiger partial charge on any atom is 0.254 e. The average molecular weight is 399 g/mol. The van der Waals surface area contributed by atoms with Crippen molar-refractivity contribution in [3.05, 3.63) is 73.7 Å². The van der Waals surface area contributed by atoms with Crippen LogP contribution in [0.3, 0.4) is 0 Å². The Morgan fingerprint density at radius 2 is 1.96 bits per heavy atom. The van der Waals surface area contributed by atoms with Gasteiger partial charge in [0.15, 0.2) is 0 Å². The first-order valence-corrected chi connectivity index (χ1v) is 8.76. The van der Waals surface area contributed by atoms with Crippen LogP contribution in [0, 0.1) is 20.8 Å². The summed E-state index contributed by atoms with van der Waals surface area (Å²) in [6, 6.07) is 10.00. The highest BCUT2D eigenvalue weighted by Crippen LogP contribution is 2.18. The van der Waals surface area contributed by atoms with Crippen molar-refractivity contribution in [3.63, 3.8) is 0 Å². The molecule has 2 aromatic heterocycles. The largest absolute Gasteiger partial charge is 0.366 e. The third kappa shape index (κ3) is 3.96. The van der Waals surface area contributed by atoms with Gasteiger partial charge in [0.2, 0.25) is 0 Å². The van der Waals surface area contributed by atoms with Gasteiger partial charge in [-0.3, -0.25) is 4.79 Å². The van der Waals surface area contributed by atoms with Gasteiger partial charge in [-0.25, -0.2) is 9.97 Å². The minimum absolute atomic E-state index is 0.115. The molecule has 0 saturated heterocycles. The Kier molecular flexibility index (Phi) is 4.99. The molecule has 0 aliphatic carbocycles. The molecule has 6 heteroatoms. The van der Waals surface area contributed by atoms with Gasteiger partial charge >= 0.3 is 0 Å². The van der Waals surface area contributed by atoms with E-state index in [2.05, 4.69) is 55.3 Å². The van der Waals surface area contributed by atoms with Gasteiger partial charge in [0.05, 0.1) is 0 Å². The summed E-state index contributed by atoms with van der Waals surface area (Å²) >= 11 is 3.47. The van der Waals surface area contributed by atoms with Crippen molar-refractivity contribution < 1.29 is 0 Å². The summed E-state index contributed by atoms with van der Waals surface area (Å²) in [6.07, 6.45) is 1.71. The Morgan fingerprint density at radius 3 is 2.60 bits per heavy atom. The molecule has 0 fully saturated rings. The third-order valence-corrected chi connectivity index (χ3v) is 4.69. The number of H-pyrrole nitrogens is 1. The van der Waals surface area contributed by atoms with Crippen molar-refractivity contribution in [2.75, 3.05) is 5.32 Å². The average Bonchev–Trinajstić information content (AvgIpc) is 2.59.